The van der Waals surface area contributed by atoms with E-state index in [0.29, 0.717) is 48.8 Å². The number of morpholine rings is 1. The number of carbonyl (C=O) groups excluding carboxylic acids is 2. The molecule has 162 valence electrons. The van der Waals surface area contributed by atoms with Crippen molar-refractivity contribution in [1.29, 1.82) is 0 Å². The first-order chi connectivity index (χ1) is 15.0. The summed E-state index contributed by atoms with van der Waals surface area (Å²) >= 11 is 0. The molecule has 0 aliphatic carbocycles. The van der Waals surface area contributed by atoms with Crippen molar-refractivity contribution in [2.24, 2.45) is 0 Å². The van der Waals surface area contributed by atoms with Crippen LogP contribution >= 0.6 is 0 Å². The van der Waals surface area contributed by atoms with Gasteiger partial charge in [-0.1, -0.05) is 12.1 Å². The van der Waals surface area contributed by atoms with E-state index >= 15 is 0 Å². The third-order valence-corrected chi connectivity index (χ3v) is 5.86. The SMILES string of the molecule is O=C1c2ccccc2C(=O)N1CC1CN(c2ccc(N3CCOCC3)c(F)c2)C(O)O1. The average Bonchev–Trinajstić information content (AvgIpc) is 3.27. The fraction of sp³-hybridized carbons (Fsp3) is 0.364. The van der Waals surface area contributed by atoms with Crippen LogP contribution in [0.2, 0.25) is 0 Å². The molecule has 2 amide bonds. The smallest absolute Gasteiger partial charge is 0.261 e. The number of benzene rings is 2. The molecule has 31 heavy (non-hydrogen) atoms. The van der Waals surface area contributed by atoms with Gasteiger partial charge in [-0.2, -0.15) is 0 Å². The summed E-state index contributed by atoms with van der Waals surface area (Å²) in [6.45, 7) is 2.57. The van der Waals surface area contributed by atoms with E-state index in [0.717, 1.165) is 4.90 Å². The van der Waals surface area contributed by atoms with Crippen LogP contribution in [0.1, 0.15) is 20.7 Å². The number of imide groups is 1. The van der Waals surface area contributed by atoms with Gasteiger partial charge in [0.2, 0.25) is 6.41 Å². The minimum atomic E-state index is -1.30. The molecule has 0 bridgehead atoms. The number of fused-ring (bicyclic) bond motifs is 1. The molecule has 2 fully saturated rings. The average molecular weight is 427 g/mol. The van der Waals surface area contributed by atoms with E-state index in [1.807, 2.05) is 4.90 Å². The summed E-state index contributed by atoms with van der Waals surface area (Å²) in [7, 11) is 0. The third kappa shape index (κ3) is 3.54. The third-order valence-electron chi connectivity index (χ3n) is 5.86. The van der Waals surface area contributed by atoms with Crippen molar-refractivity contribution >= 4 is 23.2 Å². The van der Waals surface area contributed by atoms with Gasteiger partial charge in [-0.05, 0) is 30.3 Å². The van der Waals surface area contributed by atoms with Crippen LogP contribution in [0.3, 0.4) is 0 Å². The van der Waals surface area contributed by atoms with Gasteiger partial charge in [0.05, 0.1) is 49.2 Å². The van der Waals surface area contributed by atoms with Gasteiger partial charge in [0.15, 0.2) is 0 Å². The Kier molecular flexibility index (Phi) is 5.09. The quantitative estimate of drug-likeness (QED) is 0.740. The highest BCUT2D eigenvalue weighted by Gasteiger charge is 2.40. The lowest BCUT2D eigenvalue weighted by Crippen LogP contribution is -2.38. The number of hydrogen-bond acceptors (Lipinski definition) is 7. The number of halogens is 1. The number of rotatable bonds is 4. The summed E-state index contributed by atoms with van der Waals surface area (Å²) < 4.78 is 25.6. The van der Waals surface area contributed by atoms with Crippen LogP contribution in [-0.2, 0) is 9.47 Å². The number of aliphatic hydroxyl groups excluding tert-OH is 1. The number of nitrogens with zero attached hydrogens (tertiary/aromatic N) is 3. The molecule has 3 heterocycles. The van der Waals surface area contributed by atoms with Crippen molar-refractivity contribution in [1.82, 2.24) is 4.90 Å². The number of aliphatic hydroxyl groups is 1. The highest BCUT2D eigenvalue weighted by Crippen LogP contribution is 2.30. The van der Waals surface area contributed by atoms with Crippen LogP contribution in [0, 0.1) is 5.82 Å². The van der Waals surface area contributed by atoms with Crippen molar-refractivity contribution in [3.05, 3.63) is 59.4 Å². The molecule has 3 aliphatic heterocycles. The van der Waals surface area contributed by atoms with Crippen molar-refractivity contribution in [3.8, 4) is 0 Å². The first kappa shape index (κ1) is 19.9. The van der Waals surface area contributed by atoms with Gasteiger partial charge in [-0.3, -0.25) is 14.5 Å². The Morgan fingerprint density at radius 1 is 1.03 bits per heavy atom. The van der Waals surface area contributed by atoms with Gasteiger partial charge in [-0.25, -0.2) is 4.39 Å². The summed E-state index contributed by atoms with van der Waals surface area (Å²) in [5.41, 5.74) is 1.68. The Balaban J connectivity index is 1.28. The molecule has 9 heteroatoms. The maximum Gasteiger partial charge on any atom is 0.261 e. The Morgan fingerprint density at radius 3 is 2.35 bits per heavy atom. The van der Waals surface area contributed by atoms with Gasteiger partial charge in [0.1, 0.15) is 5.82 Å². The van der Waals surface area contributed by atoms with Crippen LogP contribution in [0.25, 0.3) is 0 Å². The molecule has 3 aliphatic rings. The second-order valence-electron chi connectivity index (χ2n) is 7.74. The molecule has 0 spiro atoms. The van der Waals surface area contributed by atoms with E-state index in [9.17, 15) is 19.1 Å². The zero-order chi connectivity index (χ0) is 21.5. The monoisotopic (exact) mass is 427 g/mol. The van der Waals surface area contributed by atoms with E-state index < -0.39 is 18.3 Å². The lowest BCUT2D eigenvalue weighted by atomic mass is 10.1. The van der Waals surface area contributed by atoms with E-state index in [2.05, 4.69) is 0 Å². The summed E-state index contributed by atoms with van der Waals surface area (Å²) in [4.78, 5) is 29.7. The number of anilines is 2. The van der Waals surface area contributed by atoms with Crippen LogP contribution in [0.4, 0.5) is 15.8 Å². The van der Waals surface area contributed by atoms with Crippen molar-refractivity contribution in [2.75, 3.05) is 49.2 Å². The number of hydrogen-bond donors (Lipinski definition) is 1. The molecule has 5 rings (SSSR count). The zero-order valence-electron chi connectivity index (χ0n) is 16.7. The van der Waals surface area contributed by atoms with Gasteiger partial charge in [-0.15, -0.1) is 0 Å². The van der Waals surface area contributed by atoms with E-state index in [1.54, 1.807) is 36.4 Å². The van der Waals surface area contributed by atoms with Crippen LogP contribution in [0.15, 0.2) is 42.5 Å². The predicted octanol–water partition coefficient (Wildman–Crippen LogP) is 1.44. The van der Waals surface area contributed by atoms with E-state index in [1.165, 1.54) is 11.0 Å². The standard InChI is InChI=1S/C22H22FN3O5/c23-18-11-14(5-6-19(18)24-7-9-30-10-8-24)25-12-15(31-22(25)29)13-26-20(27)16-3-1-2-4-17(16)21(26)28/h1-6,11,15,22,29H,7-10,12-13H2. The van der Waals surface area contributed by atoms with Gasteiger partial charge < -0.3 is 24.4 Å². The summed E-state index contributed by atoms with van der Waals surface area (Å²) in [6.07, 6.45) is -1.90. The normalized spacial score (nSPS) is 23.6. The molecule has 2 saturated heterocycles. The van der Waals surface area contributed by atoms with E-state index in [-0.39, 0.29) is 24.9 Å². The molecular formula is C22H22FN3O5. The molecule has 0 aromatic heterocycles. The molecule has 2 aromatic carbocycles. The summed E-state index contributed by atoms with van der Waals surface area (Å²) in [6, 6.07) is 11.4. The molecule has 2 aromatic rings. The topological polar surface area (TPSA) is 82.6 Å². The first-order valence-corrected chi connectivity index (χ1v) is 10.2. The summed E-state index contributed by atoms with van der Waals surface area (Å²) in [5.74, 6) is -1.15. The Hall–Kier alpha value is -3.01. The molecule has 0 radical (unpaired) electrons. The molecular weight excluding hydrogens is 405 g/mol. The molecule has 2 atom stereocenters. The van der Waals surface area contributed by atoms with Gasteiger partial charge >= 0.3 is 0 Å². The molecule has 1 N–H and O–H groups in total. The minimum absolute atomic E-state index is 0.00818. The lowest BCUT2D eigenvalue weighted by Gasteiger charge is -2.30. The molecule has 0 saturated carbocycles. The highest BCUT2D eigenvalue weighted by atomic mass is 19.1. The van der Waals surface area contributed by atoms with Gasteiger partial charge in [0.25, 0.3) is 11.8 Å². The van der Waals surface area contributed by atoms with E-state index in [4.69, 9.17) is 9.47 Å². The predicted molar refractivity (Wildman–Crippen MR) is 109 cm³/mol. The largest absolute Gasteiger partial charge is 0.378 e. The van der Waals surface area contributed by atoms with Crippen LogP contribution in [-0.4, -0.2) is 73.7 Å². The second-order valence-corrected chi connectivity index (χ2v) is 7.74. The van der Waals surface area contributed by atoms with Gasteiger partial charge in [0, 0.05) is 18.8 Å². The Bertz CT molecular complexity index is 991. The minimum Gasteiger partial charge on any atom is -0.378 e. The fourth-order valence-electron chi connectivity index (χ4n) is 4.28. The fourth-order valence-corrected chi connectivity index (χ4v) is 4.28. The zero-order valence-corrected chi connectivity index (χ0v) is 16.7. The first-order valence-electron chi connectivity index (χ1n) is 10.2. The lowest BCUT2D eigenvalue weighted by molar-refractivity contribution is -0.0911. The maximum atomic E-state index is 14.8. The molecule has 2 unspecified atom stereocenters. The van der Waals surface area contributed by atoms with Crippen LogP contribution in [0.5, 0.6) is 0 Å². The molecule has 8 nitrogen and oxygen atoms in total. The van der Waals surface area contributed by atoms with Crippen molar-refractivity contribution in [2.45, 2.75) is 12.5 Å². The van der Waals surface area contributed by atoms with Crippen molar-refractivity contribution in [3.63, 3.8) is 0 Å². The number of ether oxygens (including phenoxy) is 2. The van der Waals surface area contributed by atoms with Crippen LogP contribution < -0.4 is 9.80 Å². The second kappa shape index (κ2) is 7.92. The Morgan fingerprint density at radius 2 is 1.71 bits per heavy atom. The van der Waals surface area contributed by atoms with Crippen molar-refractivity contribution < 1.29 is 28.6 Å². The summed E-state index contributed by atoms with van der Waals surface area (Å²) in [5, 5.41) is 10.4. The number of amides is 2. The Labute approximate surface area is 178 Å². The number of carbonyl (C=O) groups is 2. The maximum absolute atomic E-state index is 14.8. The highest BCUT2D eigenvalue weighted by molar-refractivity contribution is 6.21.